The molecule has 0 saturated heterocycles. The second kappa shape index (κ2) is 6.32. The Hall–Kier alpha value is -2.14. The van der Waals surface area contributed by atoms with Gasteiger partial charge < -0.3 is 10.6 Å². The van der Waals surface area contributed by atoms with E-state index in [0.717, 1.165) is 34.3 Å². The first-order valence-electron chi connectivity index (χ1n) is 7.11. The molecule has 0 unspecified atom stereocenters. The number of aryl methyl sites for hydroxylation is 1. The lowest BCUT2D eigenvalue weighted by molar-refractivity contribution is -0.116. The van der Waals surface area contributed by atoms with Gasteiger partial charge in [0, 0.05) is 27.8 Å². The van der Waals surface area contributed by atoms with Gasteiger partial charge in [-0.3, -0.25) is 9.59 Å². The average Bonchev–Trinajstić information content (AvgIpc) is 2.67. The highest BCUT2D eigenvalue weighted by Gasteiger charge is 2.15. The summed E-state index contributed by atoms with van der Waals surface area (Å²) in [5.74, 6) is -0.124. The Morgan fingerprint density at radius 2 is 2.00 bits per heavy atom. The van der Waals surface area contributed by atoms with Gasteiger partial charge in [-0.1, -0.05) is 22.0 Å². The molecule has 0 radical (unpaired) electrons. The molecule has 2 N–H and O–H groups in total. The number of amides is 2. The fourth-order valence-electron chi connectivity index (χ4n) is 2.49. The Bertz CT molecular complexity index is 743. The van der Waals surface area contributed by atoms with Gasteiger partial charge in [0.25, 0.3) is 5.91 Å². The molecule has 1 aliphatic heterocycles. The number of rotatable bonds is 2. The summed E-state index contributed by atoms with van der Waals surface area (Å²) in [6.07, 6.45) is 2.12. The van der Waals surface area contributed by atoms with Crippen LogP contribution in [0, 0.1) is 0 Å². The van der Waals surface area contributed by atoms with Crippen LogP contribution in [0.5, 0.6) is 0 Å². The van der Waals surface area contributed by atoms with Gasteiger partial charge in [0.05, 0.1) is 0 Å². The van der Waals surface area contributed by atoms with Crippen LogP contribution in [-0.2, 0) is 11.2 Å². The minimum Gasteiger partial charge on any atom is -0.326 e. The Morgan fingerprint density at radius 3 is 2.82 bits per heavy atom. The molecule has 1 aliphatic rings. The summed E-state index contributed by atoms with van der Waals surface area (Å²) >= 11 is 3.38. The van der Waals surface area contributed by atoms with Gasteiger partial charge in [-0.05, 0) is 54.8 Å². The lowest BCUT2D eigenvalue weighted by atomic mass is 10.0. The molecule has 2 amide bonds. The third kappa shape index (κ3) is 3.36. The average molecular weight is 359 g/mol. The zero-order chi connectivity index (χ0) is 15.5. The molecular weight excluding hydrogens is 344 g/mol. The molecule has 0 saturated carbocycles. The van der Waals surface area contributed by atoms with E-state index < -0.39 is 0 Å². The summed E-state index contributed by atoms with van der Waals surface area (Å²) in [6, 6.07) is 12.8. The van der Waals surface area contributed by atoms with E-state index in [1.54, 1.807) is 12.1 Å². The van der Waals surface area contributed by atoms with Crippen LogP contribution in [0.15, 0.2) is 46.9 Å². The molecule has 4 nitrogen and oxygen atoms in total. The molecule has 0 fully saturated rings. The van der Waals surface area contributed by atoms with Gasteiger partial charge in [-0.25, -0.2) is 0 Å². The minimum atomic E-state index is -0.156. The summed E-state index contributed by atoms with van der Waals surface area (Å²) in [7, 11) is 0. The predicted molar refractivity (Wildman–Crippen MR) is 90.1 cm³/mol. The summed E-state index contributed by atoms with van der Waals surface area (Å²) in [4.78, 5) is 23.9. The van der Waals surface area contributed by atoms with E-state index in [2.05, 4.69) is 26.6 Å². The first-order valence-corrected chi connectivity index (χ1v) is 7.91. The van der Waals surface area contributed by atoms with Crippen molar-refractivity contribution in [1.29, 1.82) is 0 Å². The topological polar surface area (TPSA) is 58.2 Å². The van der Waals surface area contributed by atoms with Gasteiger partial charge in [-0.15, -0.1) is 0 Å². The zero-order valence-electron chi connectivity index (χ0n) is 11.9. The molecule has 0 spiro atoms. The van der Waals surface area contributed by atoms with E-state index >= 15 is 0 Å². The lowest BCUT2D eigenvalue weighted by Crippen LogP contribution is -2.13. The van der Waals surface area contributed by atoms with E-state index in [1.807, 2.05) is 30.3 Å². The number of benzene rings is 2. The third-order valence-corrected chi connectivity index (χ3v) is 4.07. The second-order valence-corrected chi connectivity index (χ2v) is 6.15. The van der Waals surface area contributed by atoms with E-state index in [0.29, 0.717) is 12.0 Å². The van der Waals surface area contributed by atoms with Crippen LogP contribution in [0.1, 0.15) is 28.8 Å². The molecule has 1 heterocycles. The Labute approximate surface area is 137 Å². The SMILES string of the molecule is O=C1CCCc2cc(C(=O)Nc3cccc(Br)c3)ccc2N1. The number of fused-ring (bicyclic) bond motifs is 1. The number of halogens is 1. The van der Waals surface area contributed by atoms with E-state index in [9.17, 15) is 9.59 Å². The smallest absolute Gasteiger partial charge is 0.255 e. The van der Waals surface area contributed by atoms with E-state index in [1.165, 1.54) is 0 Å². The van der Waals surface area contributed by atoms with Crippen LogP contribution in [0.3, 0.4) is 0 Å². The monoisotopic (exact) mass is 358 g/mol. The van der Waals surface area contributed by atoms with Gasteiger partial charge in [-0.2, -0.15) is 0 Å². The third-order valence-electron chi connectivity index (χ3n) is 3.57. The number of hydrogen-bond donors (Lipinski definition) is 2. The van der Waals surface area contributed by atoms with Gasteiger partial charge in [0.15, 0.2) is 0 Å². The van der Waals surface area contributed by atoms with Crippen molar-refractivity contribution in [1.82, 2.24) is 0 Å². The summed E-state index contributed by atoms with van der Waals surface area (Å²) in [5, 5.41) is 5.74. The Kier molecular flexibility index (Phi) is 4.24. The molecule has 2 aromatic carbocycles. The van der Waals surface area contributed by atoms with Crippen molar-refractivity contribution in [2.24, 2.45) is 0 Å². The maximum atomic E-state index is 12.3. The molecule has 112 valence electrons. The molecule has 5 heteroatoms. The van der Waals surface area contributed by atoms with Crippen LogP contribution >= 0.6 is 15.9 Å². The molecule has 3 rings (SSSR count). The first kappa shape index (κ1) is 14.8. The number of nitrogens with one attached hydrogen (secondary N) is 2. The van der Waals surface area contributed by atoms with Crippen molar-refractivity contribution in [3.8, 4) is 0 Å². The molecule has 22 heavy (non-hydrogen) atoms. The quantitative estimate of drug-likeness (QED) is 0.852. The molecule has 0 atom stereocenters. The molecule has 0 aliphatic carbocycles. The summed E-state index contributed by atoms with van der Waals surface area (Å²) in [6.45, 7) is 0. The second-order valence-electron chi connectivity index (χ2n) is 5.24. The highest BCUT2D eigenvalue weighted by Crippen LogP contribution is 2.24. The predicted octanol–water partition coefficient (Wildman–Crippen LogP) is 3.98. The largest absolute Gasteiger partial charge is 0.326 e. The van der Waals surface area contributed by atoms with Crippen LogP contribution in [-0.4, -0.2) is 11.8 Å². The standard InChI is InChI=1S/C17H15BrN2O2/c18-13-4-2-5-14(10-13)19-17(22)12-7-8-15-11(9-12)3-1-6-16(21)20-15/h2,4-5,7-10H,1,3,6H2,(H,19,22)(H,20,21). The fourth-order valence-corrected chi connectivity index (χ4v) is 2.88. The molecule has 2 aromatic rings. The highest BCUT2D eigenvalue weighted by molar-refractivity contribution is 9.10. The Morgan fingerprint density at radius 1 is 1.14 bits per heavy atom. The first-order chi connectivity index (χ1) is 10.6. The normalized spacial score (nSPS) is 13.8. The molecular formula is C17H15BrN2O2. The fraction of sp³-hybridized carbons (Fsp3) is 0.176. The summed E-state index contributed by atoms with van der Waals surface area (Å²) in [5.41, 5.74) is 3.15. The molecule has 0 bridgehead atoms. The Balaban J connectivity index is 1.81. The molecule has 0 aromatic heterocycles. The number of carbonyl (C=O) groups is 2. The number of hydrogen-bond acceptors (Lipinski definition) is 2. The number of anilines is 2. The van der Waals surface area contributed by atoms with Crippen LogP contribution in [0.25, 0.3) is 0 Å². The zero-order valence-corrected chi connectivity index (χ0v) is 13.4. The summed E-state index contributed by atoms with van der Waals surface area (Å²) < 4.78 is 0.912. The maximum Gasteiger partial charge on any atom is 0.255 e. The highest BCUT2D eigenvalue weighted by atomic mass is 79.9. The van der Waals surface area contributed by atoms with E-state index in [-0.39, 0.29) is 11.8 Å². The number of carbonyl (C=O) groups excluding carboxylic acids is 2. The lowest BCUT2D eigenvalue weighted by Gasteiger charge is -2.10. The maximum absolute atomic E-state index is 12.3. The van der Waals surface area contributed by atoms with Crippen LogP contribution in [0.2, 0.25) is 0 Å². The van der Waals surface area contributed by atoms with Crippen molar-refractivity contribution < 1.29 is 9.59 Å². The van der Waals surface area contributed by atoms with Crippen molar-refractivity contribution in [3.05, 3.63) is 58.1 Å². The van der Waals surface area contributed by atoms with Crippen molar-refractivity contribution in [3.63, 3.8) is 0 Å². The van der Waals surface area contributed by atoms with Gasteiger partial charge >= 0.3 is 0 Å². The van der Waals surface area contributed by atoms with Crippen molar-refractivity contribution in [2.45, 2.75) is 19.3 Å². The van der Waals surface area contributed by atoms with Crippen molar-refractivity contribution in [2.75, 3.05) is 10.6 Å². The minimum absolute atomic E-state index is 0.0325. The van der Waals surface area contributed by atoms with E-state index in [4.69, 9.17) is 0 Å². The van der Waals surface area contributed by atoms with Gasteiger partial charge in [0.2, 0.25) is 5.91 Å². The van der Waals surface area contributed by atoms with Crippen molar-refractivity contribution >= 4 is 39.1 Å². The van der Waals surface area contributed by atoms with Crippen LogP contribution < -0.4 is 10.6 Å². The van der Waals surface area contributed by atoms with Crippen LogP contribution in [0.4, 0.5) is 11.4 Å². The van der Waals surface area contributed by atoms with Gasteiger partial charge in [0.1, 0.15) is 0 Å².